The van der Waals surface area contributed by atoms with Crippen molar-refractivity contribution in [3.63, 3.8) is 0 Å². The van der Waals surface area contributed by atoms with E-state index in [9.17, 15) is 4.79 Å². The predicted octanol–water partition coefficient (Wildman–Crippen LogP) is 2.73. The van der Waals surface area contributed by atoms with E-state index in [0.29, 0.717) is 6.10 Å². The number of rotatable bonds is 3. The van der Waals surface area contributed by atoms with Gasteiger partial charge in [-0.25, -0.2) is 0 Å². The topological polar surface area (TPSA) is 32.8 Å². The van der Waals surface area contributed by atoms with Crippen molar-refractivity contribution in [3.8, 4) is 0 Å². The first-order chi connectivity index (χ1) is 9.67. The van der Waals surface area contributed by atoms with Gasteiger partial charge in [0.1, 0.15) is 0 Å². The van der Waals surface area contributed by atoms with E-state index in [2.05, 4.69) is 6.92 Å². The Hall–Kier alpha value is -1.61. The fourth-order valence-electron chi connectivity index (χ4n) is 2.85. The third kappa shape index (κ3) is 2.93. The maximum atomic E-state index is 12.2. The molecule has 0 aromatic heterocycles. The molecule has 1 atom stereocenters. The summed E-state index contributed by atoms with van der Waals surface area (Å²) in [6.45, 7) is 4.87. The van der Waals surface area contributed by atoms with Gasteiger partial charge in [-0.2, -0.15) is 0 Å². The van der Waals surface area contributed by atoms with Crippen LogP contribution in [0.2, 0.25) is 0 Å². The second-order valence-electron chi connectivity index (χ2n) is 6.05. The number of ether oxygens (including phenoxy) is 1. The Kier molecular flexibility index (Phi) is 3.62. The van der Waals surface area contributed by atoms with E-state index >= 15 is 0 Å². The van der Waals surface area contributed by atoms with Crippen molar-refractivity contribution in [1.82, 2.24) is 4.90 Å². The quantitative estimate of drug-likeness (QED) is 0.625. The van der Waals surface area contributed by atoms with Crippen LogP contribution in [0, 0.1) is 5.41 Å². The second kappa shape index (κ2) is 5.41. The molecule has 3 rings (SSSR count). The lowest BCUT2D eigenvalue weighted by Gasteiger charge is -2.38. The maximum absolute atomic E-state index is 12.2. The van der Waals surface area contributed by atoms with E-state index in [4.69, 9.17) is 4.74 Å². The zero-order valence-electron chi connectivity index (χ0n) is 11.9. The molecule has 1 aromatic rings. The van der Waals surface area contributed by atoms with Crippen molar-refractivity contribution in [3.05, 3.63) is 42.0 Å². The maximum Gasteiger partial charge on any atom is 0.246 e. The molecule has 0 N–H and O–H groups in total. The summed E-state index contributed by atoms with van der Waals surface area (Å²) in [5, 5.41) is 0. The molecule has 1 aromatic carbocycles. The average molecular weight is 271 g/mol. The van der Waals surface area contributed by atoms with E-state index in [-0.39, 0.29) is 11.3 Å². The minimum atomic E-state index is 0.118. The number of benzene rings is 1. The van der Waals surface area contributed by atoms with Crippen molar-refractivity contribution in [2.75, 3.05) is 19.7 Å². The summed E-state index contributed by atoms with van der Waals surface area (Å²) in [4.78, 5) is 14.1. The molecule has 2 saturated heterocycles. The molecule has 2 aliphatic rings. The fraction of sp³-hybridized carbons (Fsp3) is 0.471. The average Bonchev–Trinajstić information content (AvgIpc) is 3.32. The van der Waals surface area contributed by atoms with Crippen molar-refractivity contribution < 1.29 is 9.53 Å². The molecule has 2 aliphatic heterocycles. The summed E-state index contributed by atoms with van der Waals surface area (Å²) in [5.41, 5.74) is 1.34. The van der Waals surface area contributed by atoms with Crippen molar-refractivity contribution in [1.29, 1.82) is 0 Å². The van der Waals surface area contributed by atoms with Gasteiger partial charge in [0.2, 0.25) is 5.91 Å². The predicted molar refractivity (Wildman–Crippen MR) is 79.1 cm³/mol. The number of nitrogens with zero attached hydrogens (tertiary/aromatic N) is 1. The Labute approximate surface area is 120 Å². The Balaban J connectivity index is 1.55. The number of carbonyl (C=O) groups is 1. The highest BCUT2D eigenvalue weighted by Crippen LogP contribution is 2.41. The van der Waals surface area contributed by atoms with Crippen molar-refractivity contribution in [2.45, 2.75) is 25.9 Å². The van der Waals surface area contributed by atoms with Gasteiger partial charge in [0, 0.05) is 19.2 Å². The summed E-state index contributed by atoms with van der Waals surface area (Å²) >= 11 is 0. The van der Waals surface area contributed by atoms with Gasteiger partial charge in [-0.3, -0.25) is 4.79 Å². The summed E-state index contributed by atoms with van der Waals surface area (Å²) in [6, 6.07) is 9.94. The van der Waals surface area contributed by atoms with E-state index in [1.54, 1.807) is 6.08 Å². The SMILES string of the molecule is CC1(C2CO2)CCN(C(=O)/C=C/c2ccccc2)CC1. The molecule has 3 nitrogen and oxygen atoms in total. The summed E-state index contributed by atoms with van der Waals surface area (Å²) in [5.74, 6) is 0.118. The van der Waals surface area contributed by atoms with Gasteiger partial charge in [0.25, 0.3) is 0 Å². The molecular weight excluding hydrogens is 250 g/mol. The van der Waals surface area contributed by atoms with Crippen molar-refractivity contribution in [2.24, 2.45) is 5.41 Å². The zero-order chi connectivity index (χ0) is 14.0. The Morgan fingerprint density at radius 3 is 2.55 bits per heavy atom. The molecule has 2 heterocycles. The van der Waals surface area contributed by atoms with Crippen LogP contribution in [0.15, 0.2) is 36.4 Å². The molecule has 0 radical (unpaired) electrons. The molecule has 0 aliphatic carbocycles. The highest BCUT2D eigenvalue weighted by atomic mass is 16.6. The number of amides is 1. The van der Waals surface area contributed by atoms with Gasteiger partial charge in [-0.05, 0) is 29.9 Å². The van der Waals surface area contributed by atoms with Gasteiger partial charge < -0.3 is 9.64 Å². The van der Waals surface area contributed by atoms with E-state index in [0.717, 1.165) is 38.1 Å². The van der Waals surface area contributed by atoms with Crippen LogP contribution in [-0.4, -0.2) is 36.6 Å². The summed E-state index contributed by atoms with van der Waals surface area (Å²) in [7, 11) is 0. The smallest absolute Gasteiger partial charge is 0.246 e. The summed E-state index contributed by atoms with van der Waals surface area (Å²) in [6.07, 6.45) is 6.09. The number of likely N-dealkylation sites (tertiary alicyclic amines) is 1. The molecule has 20 heavy (non-hydrogen) atoms. The number of piperidine rings is 1. The van der Waals surface area contributed by atoms with Crippen LogP contribution >= 0.6 is 0 Å². The Morgan fingerprint density at radius 1 is 1.30 bits per heavy atom. The van der Waals surface area contributed by atoms with Gasteiger partial charge >= 0.3 is 0 Å². The Morgan fingerprint density at radius 2 is 1.95 bits per heavy atom. The number of hydrogen-bond acceptors (Lipinski definition) is 2. The van der Waals surface area contributed by atoms with Crippen molar-refractivity contribution >= 4 is 12.0 Å². The zero-order valence-corrected chi connectivity index (χ0v) is 11.9. The first-order valence-corrected chi connectivity index (χ1v) is 7.31. The minimum absolute atomic E-state index is 0.118. The first kappa shape index (κ1) is 13.4. The second-order valence-corrected chi connectivity index (χ2v) is 6.05. The lowest BCUT2D eigenvalue weighted by atomic mass is 9.77. The molecular formula is C17H21NO2. The van der Waals surface area contributed by atoms with Crippen LogP contribution in [0.3, 0.4) is 0 Å². The highest BCUT2D eigenvalue weighted by Gasteiger charge is 2.45. The van der Waals surface area contributed by atoms with Crippen LogP contribution in [0.1, 0.15) is 25.3 Å². The largest absolute Gasteiger partial charge is 0.373 e. The first-order valence-electron chi connectivity index (χ1n) is 7.31. The van der Waals surface area contributed by atoms with Crippen LogP contribution in [0.5, 0.6) is 0 Å². The molecule has 0 saturated carbocycles. The molecule has 2 fully saturated rings. The molecule has 3 heteroatoms. The van der Waals surface area contributed by atoms with Crippen LogP contribution in [0.25, 0.3) is 6.08 Å². The monoisotopic (exact) mass is 271 g/mol. The van der Waals surface area contributed by atoms with Crippen LogP contribution in [0.4, 0.5) is 0 Å². The van der Waals surface area contributed by atoms with Gasteiger partial charge in [-0.1, -0.05) is 37.3 Å². The molecule has 0 bridgehead atoms. The molecule has 106 valence electrons. The highest BCUT2D eigenvalue weighted by molar-refractivity contribution is 5.91. The third-order valence-corrected chi connectivity index (χ3v) is 4.55. The third-order valence-electron chi connectivity index (χ3n) is 4.55. The Bertz CT molecular complexity index is 497. The van der Waals surface area contributed by atoms with E-state index < -0.39 is 0 Å². The molecule has 1 amide bonds. The molecule has 1 unspecified atom stereocenters. The minimum Gasteiger partial charge on any atom is -0.373 e. The lowest BCUT2D eigenvalue weighted by Crippen LogP contribution is -2.43. The van der Waals surface area contributed by atoms with Crippen LogP contribution < -0.4 is 0 Å². The summed E-state index contributed by atoms with van der Waals surface area (Å²) < 4.78 is 5.43. The van der Waals surface area contributed by atoms with Gasteiger partial charge in [0.05, 0.1) is 12.7 Å². The number of epoxide rings is 1. The van der Waals surface area contributed by atoms with Crippen LogP contribution in [-0.2, 0) is 9.53 Å². The molecule has 0 spiro atoms. The number of carbonyl (C=O) groups excluding carboxylic acids is 1. The number of hydrogen-bond donors (Lipinski definition) is 0. The normalized spacial score (nSPS) is 24.9. The van der Waals surface area contributed by atoms with Gasteiger partial charge in [-0.15, -0.1) is 0 Å². The van der Waals surface area contributed by atoms with Gasteiger partial charge in [0.15, 0.2) is 0 Å². The lowest BCUT2D eigenvalue weighted by molar-refractivity contribution is -0.128. The standard InChI is InChI=1S/C17H21NO2/c1-17(15-13-20-15)9-11-18(12-10-17)16(19)8-7-14-5-3-2-4-6-14/h2-8,15H,9-13H2,1H3/b8-7+. The van der Waals surface area contributed by atoms with E-state index in [1.165, 1.54) is 0 Å². The fourth-order valence-corrected chi connectivity index (χ4v) is 2.85. The van der Waals surface area contributed by atoms with E-state index in [1.807, 2.05) is 41.3 Å².